The number of carboxylic acids is 2. The molecule has 2 amide bonds. The van der Waals surface area contributed by atoms with E-state index in [-0.39, 0.29) is 12.8 Å². The molecule has 0 aromatic carbocycles. The molecule has 1 aliphatic rings. The number of rotatable bonds is 6. The first-order chi connectivity index (χ1) is 9.93. The number of urea groups is 1. The zero-order valence-corrected chi connectivity index (χ0v) is 12.4. The lowest BCUT2D eigenvalue weighted by Crippen LogP contribution is -2.48. The summed E-state index contributed by atoms with van der Waals surface area (Å²) < 4.78 is 0. The number of likely N-dealkylation sites (tertiary alicyclic amines) is 1. The molecule has 0 aliphatic carbocycles. The summed E-state index contributed by atoms with van der Waals surface area (Å²) in [6.07, 6.45) is 3.63. The zero-order valence-electron chi connectivity index (χ0n) is 12.4. The number of amides is 2. The van der Waals surface area contributed by atoms with Crippen LogP contribution in [0.3, 0.4) is 0 Å². The van der Waals surface area contributed by atoms with Gasteiger partial charge < -0.3 is 20.4 Å². The van der Waals surface area contributed by atoms with Crippen LogP contribution in [0.1, 0.15) is 45.4 Å². The molecule has 0 saturated carbocycles. The Labute approximate surface area is 124 Å². The van der Waals surface area contributed by atoms with E-state index in [1.807, 2.05) is 0 Å². The molecule has 3 N–H and O–H groups in total. The van der Waals surface area contributed by atoms with Crippen LogP contribution >= 0.6 is 0 Å². The van der Waals surface area contributed by atoms with E-state index in [0.29, 0.717) is 19.0 Å². The third-order valence-corrected chi connectivity index (χ3v) is 3.95. The lowest BCUT2D eigenvalue weighted by molar-refractivity contribution is -0.140. The van der Waals surface area contributed by atoms with Crippen molar-refractivity contribution in [1.82, 2.24) is 10.2 Å². The zero-order chi connectivity index (χ0) is 15.8. The van der Waals surface area contributed by atoms with Crippen LogP contribution in [0, 0.1) is 5.92 Å². The Balaban J connectivity index is 2.52. The molecule has 1 fully saturated rings. The second kappa shape index (κ2) is 8.49. The Hall–Kier alpha value is -1.79. The molecular formula is C14H24N2O5. The summed E-state index contributed by atoms with van der Waals surface area (Å²) in [7, 11) is 0. The summed E-state index contributed by atoms with van der Waals surface area (Å²) in [4.78, 5) is 35.3. The van der Waals surface area contributed by atoms with E-state index < -0.39 is 24.0 Å². The van der Waals surface area contributed by atoms with Crippen LogP contribution in [0.5, 0.6) is 0 Å². The topological polar surface area (TPSA) is 107 Å². The molecule has 1 aliphatic heterocycles. The quantitative estimate of drug-likeness (QED) is 0.689. The fourth-order valence-electron chi connectivity index (χ4n) is 2.54. The lowest BCUT2D eigenvalue weighted by Gasteiger charge is -2.23. The van der Waals surface area contributed by atoms with Gasteiger partial charge in [-0.3, -0.25) is 4.79 Å². The largest absolute Gasteiger partial charge is 0.481 e. The molecule has 0 spiro atoms. The molecular weight excluding hydrogens is 276 g/mol. The average Bonchev–Trinajstić information content (AvgIpc) is 2.67. The van der Waals surface area contributed by atoms with Crippen LogP contribution in [0.15, 0.2) is 0 Å². The van der Waals surface area contributed by atoms with Gasteiger partial charge in [0, 0.05) is 19.5 Å². The van der Waals surface area contributed by atoms with Crippen molar-refractivity contribution >= 4 is 18.0 Å². The molecule has 0 bridgehead atoms. The standard InChI is InChI=1S/C14H24N2O5/c1-2-10-4-3-8-16(9-7-10)14(21)15-11(13(19)20)5-6-12(17)18/h10-11H,2-9H2,1H3,(H,15,21)(H,17,18)(H,19,20)/t10?,11-/m0/s1. The van der Waals surface area contributed by atoms with Gasteiger partial charge in [-0.25, -0.2) is 9.59 Å². The number of aliphatic carboxylic acids is 2. The Morgan fingerprint density at radius 1 is 1.24 bits per heavy atom. The van der Waals surface area contributed by atoms with Crippen LogP contribution in [0.25, 0.3) is 0 Å². The van der Waals surface area contributed by atoms with Crippen molar-refractivity contribution in [3.8, 4) is 0 Å². The van der Waals surface area contributed by atoms with E-state index in [1.54, 1.807) is 4.90 Å². The maximum atomic E-state index is 12.1. The summed E-state index contributed by atoms with van der Waals surface area (Å²) >= 11 is 0. The molecule has 0 radical (unpaired) electrons. The van der Waals surface area contributed by atoms with E-state index in [9.17, 15) is 14.4 Å². The van der Waals surface area contributed by atoms with Crippen LogP contribution in [0.4, 0.5) is 4.79 Å². The highest BCUT2D eigenvalue weighted by atomic mass is 16.4. The van der Waals surface area contributed by atoms with Gasteiger partial charge in [0.1, 0.15) is 6.04 Å². The molecule has 1 saturated heterocycles. The SMILES string of the molecule is CCC1CCCN(C(=O)N[C@@H](CCC(=O)O)C(=O)O)CC1. The van der Waals surface area contributed by atoms with Gasteiger partial charge >= 0.3 is 18.0 Å². The van der Waals surface area contributed by atoms with Crippen molar-refractivity contribution in [2.24, 2.45) is 5.92 Å². The molecule has 1 heterocycles. The monoisotopic (exact) mass is 300 g/mol. The van der Waals surface area contributed by atoms with Crippen molar-refractivity contribution in [2.75, 3.05) is 13.1 Å². The minimum absolute atomic E-state index is 0.109. The highest BCUT2D eigenvalue weighted by Crippen LogP contribution is 2.20. The number of carboxylic acid groups (broad SMARTS) is 2. The van der Waals surface area contributed by atoms with Crippen LogP contribution < -0.4 is 5.32 Å². The summed E-state index contributed by atoms with van der Waals surface area (Å²) in [6.45, 7) is 3.37. The lowest BCUT2D eigenvalue weighted by atomic mass is 9.98. The first-order valence-electron chi connectivity index (χ1n) is 7.44. The van der Waals surface area contributed by atoms with Crippen LogP contribution in [-0.2, 0) is 9.59 Å². The summed E-state index contributed by atoms with van der Waals surface area (Å²) in [5, 5.41) is 20.1. The Bertz CT molecular complexity index is 386. The summed E-state index contributed by atoms with van der Waals surface area (Å²) in [5.74, 6) is -1.66. The van der Waals surface area contributed by atoms with Crippen LogP contribution in [0.2, 0.25) is 0 Å². The third-order valence-electron chi connectivity index (χ3n) is 3.95. The highest BCUT2D eigenvalue weighted by molar-refractivity contribution is 5.83. The minimum atomic E-state index is -1.20. The van der Waals surface area contributed by atoms with Gasteiger partial charge in [0.15, 0.2) is 0 Å². The highest BCUT2D eigenvalue weighted by Gasteiger charge is 2.25. The molecule has 1 rings (SSSR count). The number of carbonyl (C=O) groups is 3. The summed E-state index contributed by atoms with van der Waals surface area (Å²) in [5.41, 5.74) is 0. The van der Waals surface area contributed by atoms with Gasteiger partial charge in [-0.15, -0.1) is 0 Å². The number of hydrogen-bond acceptors (Lipinski definition) is 3. The molecule has 0 aromatic heterocycles. The predicted molar refractivity (Wildman–Crippen MR) is 76.0 cm³/mol. The van der Waals surface area contributed by atoms with Crippen molar-refractivity contribution < 1.29 is 24.6 Å². The Kier molecular flexibility index (Phi) is 6.98. The first-order valence-corrected chi connectivity index (χ1v) is 7.44. The van der Waals surface area contributed by atoms with Gasteiger partial charge in [0.25, 0.3) is 0 Å². The van der Waals surface area contributed by atoms with Gasteiger partial charge in [-0.1, -0.05) is 13.3 Å². The number of nitrogens with one attached hydrogen (secondary N) is 1. The molecule has 120 valence electrons. The molecule has 2 atom stereocenters. The van der Waals surface area contributed by atoms with E-state index in [2.05, 4.69) is 12.2 Å². The molecule has 1 unspecified atom stereocenters. The molecule has 21 heavy (non-hydrogen) atoms. The fraction of sp³-hybridized carbons (Fsp3) is 0.786. The first kappa shape index (κ1) is 17.3. The fourth-order valence-corrected chi connectivity index (χ4v) is 2.54. The van der Waals surface area contributed by atoms with Crippen molar-refractivity contribution in [3.05, 3.63) is 0 Å². The number of hydrogen-bond donors (Lipinski definition) is 3. The van der Waals surface area contributed by atoms with Crippen molar-refractivity contribution in [1.29, 1.82) is 0 Å². The maximum Gasteiger partial charge on any atom is 0.326 e. The molecule has 7 heteroatoms. The van der Waals surface area contributed by atoms with Gasteiger partial charge in [-0.05, 0) is 31.6 Å². The number of carbonyl (C=O) groups excluding carboxylic acids is 1. The Morgan fingerprint density at radius 3 is 2.52 bits per heavy atom. The normalized spacial score (nSPS) is 20.4. The van der Waals surface area contributed by atoms with Gasteiger partial charge in [-0.2, -0.15) is 0 Å². The second-order valence-electron chi connectivity index (χ2n) is 5.46. The smallest absolute Gasteiger partial charge is 0.326 e. The minimum Gasteiger partial charge on any atom is -0.481 e. The van der Waals surface area contributed by atoms with E-state index in [4.69, 9.17) is 10.2 Å². The van der Waals surface area contributed by atoms with Gasteiger partial charge in [0.2, 0.25) is 0 Å². The van der Waals surface area contributed by atoms with Crippen LogP contribution in [-0.4, -0.2) is 52.2 Å². The predicted octanol–water partition coefficient (Wildman–Crippen LogP) is 1.53. The molecule has 7 nitrogen and oxygen atoms in total. The van der Waals surface area contributed by atoms with Gasteiger partial charge in [0.05, 0.1) is 0 Å². The second-order valence-corrected chi connectivity index (χ2v) is 5.46. The summed E-state index contributed by atoms with van der Waals surface area (Å²) in [6, 6.07) is -1.57. The van der Waals surface area contributed by atoms with E-state index in [0.717, 1.165) is 25.7 Å². The van der Waals surface area contributed by atoms with E-state index in [1.165, 1.54) is 0 Å². The van der Waals surface area contributed by atoms with Crippen molar-refractivity contribution in [2.45, 2.75) is 51.5 Å². The number of nitrogens with zero attached hydrogens (tertiary/aromatic N) is 1. The third kappa shape index (κ3) is 6.01. The molecule has 0 aromatic rings. The maximum absolute atomic E-state index is 12.1. The van der Waals surface area contributed by atoms with E-state index >= 15 is 0 Å². The van der Waals surface area contributed by atoms with Crippen molar-refractivity contribution in [3.63, 3.8) is 0 Å². The average molecular weight is 300 g/mol. The Morgan fingerprint density at radius 2 is 1.95 bits per heavy atom.